The number of aromatic nitrogens is 2. The third kappa shape index (κ3) is 5.98. The molecule has 1 N–H and O–H groups in total. The number of hydrogen-bond acceptors (Lipinski definition) is 6. The Balaban J connectivity index is 1.40. The first-order valence-corrected chi connectivity index (χ1v) is 13.4. The minimum Gasteiger partial charge on any atom is -0.497 e. The van der Waals surface area contributed by atoms with E-state index in [-0.39, 0.29) is 5.91 Å². The SMILES string of the molecule is COc1ccc(CNc2ncnc3ccc(-c4cccc(CN(C(=O)C(C)(C)C)C5CC5)c4)cc23)c(OC)c1. The number of anilines is 1. The van der Waals surface area contributed by atoms with Gasteiger partial charge in [0.05, 0.1) is 19.7 Å². The smallest absolute Gasteiger partial charge is 0.228 e. The maximum atomic E-state index is 13.1. The Morgan fingerprint density at radius 2 is 1.77 bits per heavy atom. The zero-order chi connectivity index (χ0) is 27.6. The summed E-state index contributed by atoms with van der Waals surface area (Å²) in [4.78, 5) is 24.2. The van der Waals surface area contributed by atoms with Gasteiger partial charge in [0.25, 0.3) is 0 Å². The van der Waals surface area contributed by atoms with Crippen molar-refractivity contribution >= 4 is 22.6 Å². The highest BCUT2D eigenvalue weighted by Crippen LogP contribution is 2.34. The largest absolute Gasteiger partial charge is 0.497 e. The Morgan fingerprint density at radius 1 is 0.974 bits per heavy atom. The topological polar surface area (TPSA) is 76.6 Å². The summed E-state index contributed by atoms with van der Waals surface area (Å²) in [6.45, 7) is 7.15. The summed E-state index contributed by atoms with van der Waals surface area (Å²) in [5.74, 6) is 2.47. The molecule has 3 aromatic carbocycles. The number of carbonyl (C=O) groups is 1. The molecule has 7 heteroatoms. The first-order valence-electron chi connectivity index (χ1n) is 13.4. The first kappa shape index (κ1) is 26.5. The third-order valence-electron chi connectivity index (χ3n) is 7.08. The molecule has 0 unspecified atom stereocenters. The molecule has 0 aliphatic heterocycles. The summed E-state index contributed by atoms with van der Waals surface area (Å²) >= 11 is 0. The van der Waals surface area contributed by atoms with E-state index < -0.39 is 5.41 Å². The molecule has 1 aliphatic rings. The molecule has 1 amide bonds. The third-order valence-corrected chi connectivity index (χ3v) is 7.08. The Bertz CT molecular complexity index is 1490. The standard InChI is InChI=1S/C32H36N4O3/c1-32(2,3)31(37)36(25-11-12-25)19-21-7-6-8-22(15-21)23-10-14-28-27(16-23)30(35-20-34-28)33-18-24-9-13-26(38-4)17-29(24)39-5/h6-10,13-17,20,25H,11-12,18-19H2,1-5H3,(H,33,34,35). The average Bonchev–Trinajstić information content (AvgIpc) is 3.79. The fraction of sp³-hybridized carbons (Fsp3) is 0.344. The van der Waals surface area contributed by atoms with Gasteiger partial charge < -0.3 is 19.7 Å². The van der Waals surface area contributed by atoms with Crippen LogP contribution in [0.2, 0.25) is 0 Å². The summed E-state index contributed by atoms with van der Waals surface area (Å²) in [5.41, 5.74) is 4.78. The van der Waals surface area contributed by atoms with Crippen molar-refractivity contribution in [3.05, 3.63) is 78.1 Å². The van der Waals surface area contributed by atoms with Gasteiger partial charge in [-0.3, -0.25) is 4.79 Å². The van der Waals surface area contributed by atoms with E-state index in [1.165, 1.54) is 0 Å². The normalized spacial score (nSPS) is 13.3. The number of benzene rings is 3. The average molecular weight is 525 g/mol. The highest BCUT2D eigenvalue weighted by atomic mass is 16.5. The van der Waals surface area contributed by atoms with E-state index in [4.69, 9.17) is 9.47 Å². The molecule has 7 nitrogen and oxygen atoms in total. The highest BCUT2D eigenvalue weighted by Gasteiger charge is 2.37. The number of carbonyl (C=O) groups excluding carboxylic acids is 1. The van der Waals surface area contributed by atoms with E-state index >= 15 is 0 Å². The van der Waals surface area contributed by atoms with Crippen molar-refractivity contribution in [3.63, 3.8) is 0 Å². The second kappa shape index (κ2) is 10.9. The van der Waals surface area contributed by atoms with Gasteiger partial charge in [-0.25, -0.2) is 9.97 Å². The number of nitrogens with zero attached hydrogens (tertiary/aromatic N) is 3. The van der Waals surface area contributed by atoms with Gasteiger partial charge in [0, 0.05) is 41.6 Å². The summed E-state index contributed by atoms with van der Waals surface area (Å²) in [6.07, 6.45) is 3.75. The summed E-state index contributed by atoms with van der Waals surface area (Å²) in [5, 5.41) is 4.40. The molecule has 1 aliphatic carbocycles. The van der Waals surface area contributed by atoms with Gasteiger partial charge in [-0.1, -0.05) is 45.0 Å². The van der Waals surface area contributed by atoms with Gasteiger partial charge in [0.15, 0.2) is 0 Å². The second-order valence-corrected chi connectivity index (χ2v) is 11.1. The van der Waals surface area contributed by atoms with Crippen molar-refractivity contribution in [3.8, 4) is 22.6 Å². The van der Waals surface area contributed by atoms with Crippen molar-refractivity contribution in [2.24, 2.45) is 5.41 Å². The van der Waals surface area contributed by atoms with Crippen LogP contribution in [0.4, 0.5) is 5.82 Å². The van der Waals surface area contributed by atoms with E-state index in [1.807, 2.05) is 45.0 Å². The number of ether oxygens (including phenoxy) is 2. The number of fused-ring (bicyclic) bond motifs is 1. The number of nitrogens with one attached hydrogen (secondary N) is 1. The van der Waals surface area contributed by atoms with Crippen LogP contribution in [-0.4, -0.2) is 41.0 Å². The number of rotatable bonds is 9. The van der Waals surface area contributed by atoms with Crippen LogP contribution in [-0.2, 0) is 17.9 Å². The Hall–Kier alpha value is -4.13. The van der Waals surface area contributed by atoms with E-state index in [2.05, 4.69) is 56.6 Å². The molecular formula is C32H36N4O3. The Labute approximate surface area is 230 Å². The van der Waals surface area contributed by atoms with Crippen LogP contribution in [0.3, 0.4) is 0 Å². The van der Waals surface area contributed by atoms with Gasteiger partial charge >= 0.3 is 0 Å². The van der Waals surface area contributed by atoms with E-state index in [0.29, 0.717) is 19.1 Å². The molecular weight excluding hydrogens is 488 g/mol. The lowest BCUT2D eigenvalue weighted by molar-refractivity contribution is -0.140. The molecule has 1 saturated carbocycles. The molecule has 0 saturated heterocycles. The van der Waals surface area contributed by atoms with Crippen molar-refractivity contribution in [2.75, 3.05) is 19.5 Å². The van der Waals surface area contributed by atoms with Crippen LogP contribution in [0, 0.1) is 5.41 Å². The quantitative estimate of drug-likeness (QED) is 0.271. The van der Waals surface area contributed by atoms with Gasteiger partial charge in [-0.2, -0.15) is 0 Å². The molecule has 1 aromatic heterocycles. The van der Waals surface area contributed by atoms with E-state index in [1.54, 1.807) is 20.5 Å². The van der Waals surface area contributed by atoms with Gasteiger partial charge in [-0.05, 0) is 59.9 Å². The molecule has 0 bridgehead atoms. The summed E-state index contributed by atoms with van der Waals surface area (Å²) in [6, 6.07) is 20.8. The zero-order valence-electron chi connectivity index (χ0n) is 23.3. The summed E-state index contributed by atoms with van der Waals surface area (Å²) in [7, 11) is 3.29. The van der Waals surface area contributed by atoms with Crippen LogP contribution in [0.25, 0.3) is 22.0 Å². The summed E-state index contributed by atoms with van der Waals surface area (Å²) < 4.78 is 10.9. The molecule has 4 aromatic rings. The maximum Gasteiger partial charge on any atom is 0.228 e. The lowest BCUT2D eigenvalue weighted by Gasteiger charge is -2.30. The fourth-order valence-corrected chi connectivity index (χ4v) is 4.78. The van der Waals surface area contributed by atoms with Gasteiger partial charge in [-0.15, -0.1) is 0 Å². The van der Waals surface area contributed by atoms with Crippen molar-refractivity contribution in [2.45, 2.75) is 52.7 Å². The van der Waals surface area contributed by atoms with Crippen LogP contribution in [0.5, 0.6) is 11.5 Å². The maximum absolute atomic E-state index is 13.1. The van der Waals surface area contributed by atoms with Crippen molar-refractivity contribution in [1.29, 1.82) is 0 Å². The number of amides is 1. The molecule has 1 fully saturated rings. The van der Waals surface area contributed by atoms with Gasteiger partial charge in [0.2, 0.25) is 5.91 Å². The molecule has 39 heavy (non-hydrogen) atoms. The van der Waals surface area contributed by atoms with Gasteiger partial charge in [0.1, 0.15) is 23.6 Å². The zero-order valence-corrected chi connectivity index (χ0v) is 23.3. The second-order valence-electron chi connectivity index (χ2n) is 11.1. The number of methoxy groups -OCH3 is 2. The van der Waals surface area contributed by atoms with Crippen LogP contribution in [0.15, 0.2) is 67.0 Å². The number of hydrogen-bond donors (Lipinski definition) is 1. The van der Waals surface area contributed by atoms with Crippen LogP contribution in [0.1, 0.15) is 44.7 Å². The van der Waals surface area contributed by atoms with E-state index in [0.717, 1.165) is 63.3 Å². The van der Waals surface area contributed by atoms with E-state index in [9.17, 15) is 4.79 Å². The monoisotopic (exact) mass is 524 g/mol. The molecule has 0 atom stereocenters. The first-order chi connectivity index (χ1) is 18.8. The van der Waals surface area contributed by atoms with Crippen molar-refractivity contribution < 1.29 is 14.3 Å². The lowest BCUT2D eigenvalue weighted by Crippen LogP contribution is -2.40. The Kier molecular flexibility index (Phi) is 7.42. The minimum atomic E-state index is -0.391. The van der Waals surface area contributed by atoms with Crippen LogP contribution >= 0.6 is 0 Å². The van der Waals surface area contributed by atoms with Crippen molar-refractivity contribution in [1.82, 2.24) is 14.9 Å². The Morgan fingerprint density at radius 3 is 2.49 bits per heavy atom. The highest BCUT2D eigenvalue weighted by molar-refractivity contribution is 5.92. The molecule has 1 heterocycles. The fourth-order valence-electron chi connectivity index (χ4n) is 4.78. The predicted octanol–water partition coefficient (Wildman–Crippen LogP) is 6.46. The minimum absolute atomic E-state index is 0.211. The lowest BCUT2D eigenvalue weighted by atomic mass is 9.94. The predicted molar refractivity (Wildman–Crippen MR) is 155 cm³/mol. The molecule has 5 rings (SSSR count). The molecule has 0 radical (unpaired) electrons. The van der Waals surface area contributed by atoms with Crippen LogP contribution < -0.4 is 14.8 Å². The molecule has 202 valence electrons. The molecule has 0 spiro atoms.